The Hall–Kier alpha value is -0.675. The molecule has 0 unspecified atom stereocenters. The van der Waals surface area contributed by atoms with Crippen molar-refractivity contribution >= 4 is 14.0 Å². The molecule has 2 nitrogen and oxygen atoms in total. The molecule has 0 spiro atoms. The largest absolute Gasteiger partial charge is 0.762 e. The summed E-state index contributed by atoms with van der Waals surface area (Å²) in [6.07, 6.45) is 2.97. The summed E-state index contributed by atoms with van der Waals surface area (Å²) in [5.41, 5.74) is -0.318. The molecule has 0 aromatic heterocycles. The van der Waals surface area contributed by atoms with Crippen LogP contribution in [0.25, 0.3) is 0 Å². The third kappa shape index (κ3) is 68.0. The lowest BCUT2D eigenvalue weighted by Gasteiger charge is -2.14. The van der Waals surface area contributed by atoms with Gasteiger partial charge in [0.05, 0.1) is 0 Å². The molecule has 0 amide bonds. The fourth-order valence-electron chi connectivity index (χ4n) is 0.311. The molecule has 0 N–H and O–H groups in total. The zero-order valence-electron chi connectivity index (χ0n) is 11.6. The van der Waals surface area contributed by atoms with Gasteiger partial charge in [0.1, 0.15) is 5.60 Å². The first kappa shape index (κ1) is 21.6. The second kappa shape index (κ2) is 13.4. The van der Waals surface area contributed by atoms with Gasteiger partial charge in [-0.2, -0.15) is 0 Å². The highest BCUT2D eigenvalue weighted by Crippen LogP contribution is 2.26. The van der Waals surface area contributed by atoms with Crippen LogP contribution in [0, 0.1) is 5.92 Å². The number of rotatable bonds is 1. The molecular formula is C11H24BF3O2. The minimum absolute atomic E-state index is 0.318. The van der Waals surface area contributed by atoms with Crippen molar-refractivity contribution < 1.29 is 22.5 Å². The third-order valence-corrected chi connectivity index (χ3v) is 1.27. The summed E-state index contributed by atoms with van der Waals surface area (Å²) in [7, 11) is -3.67. The Morgan fingerprint density at radius 2 is 1.41 bits per heavy atom. The number of ether oxygens (including phenoxy) is 1. The van der Waals surface area contributed by atoms with Crippen molar-refractivity contribution in [2.75, 3.05) is 0 Å². The van der Waals surface area contributed by atoms with Crippen LogP contribution < -0.4 is 0 Å². The predicted molar refractivity (Wildman–Crippen MR) is 65.7 cm³/mol. The Labute approximate surface area is 103 Å². The van der Waals surface area contributed by atoms with Crippen molar-refractivity contribution in [1.29, 1.82) is 0 Å². The van der Waals surface area contributed by atoms with Crippen LogP contribution in [0.4, 0.5) is 12.9 Å². The van der Waals surface area contributed by atoms with Gasteiger partial charge in [0.2, 0.25) is 0 Å². The van der Waals surface area contributed by atoms with Crippen molar-refractivity contribution in [3.63, 3.8) is 0 Å². The molecule has 17 heavy (non-hydrogen) atoms. The molecule has 1 fully saturated rings. The maximum Gasteiger partial charge on any atom is 0.762 e. The lowest BCUT2D eigenvalue weighted by Crippen LogP contribution is -2.17. The Morgan fingerprint density at radius 1 is 1.18 bits per heavy atom. The second-order valence-corrected chi connectivity index (χ2v) is 4.26. The van der Waals surface area contributed by atoms with Gasteiger partial charge in [-0.1, -0.05) is 33.6 Å². The lowest BCUT2D eigenvalue weighted by atomic mass is 10.2. The molecule has 6 heteroatoms. The number of hydrogen-bond donors (Lipinski definition) is 0. The van der Waals surface area contributed by atoms with Crippen LogP contribution >= 0.6 is 0 Å². The summed E-state index contributed by atoms with van der Waals surface area (Å²) in [6.45, 7) is 12.2. The molecule has 0 aliphatic heterocycles. The van der Waals surface area contributed by atoms with Gasteiger partial charge in [0.25, 0.3) is 6.47 Å². The van der Waals surface area contributed by atoms with Gasteiger partial charge in [0.15, 0.2) is 0 Å². The molecule has 0 atom stereocenters. The van der Waals surface area contributed by atoms with Crippen molar-refractivity contribution in [2.24, 2.45) is 5.92 Å². The van der Waals surface area contributed by atoms with E-state index in [1.54, 1.807) is 0 Å². The highest BCUT2D eigenvalue weighted by molar-refractivity contribution is 6.33. The summed E-state index contributed by atoms with van der Waals surface area (Å²) in [5, 5.41) is 0. The smallest absolute Gasteiger partial charge is 0.462 e. The van der Waals surface area contributed by atoms with Crippen LogP contribution in [0.5, 0.6) is 0 Å². The minimum Gasteiger partial charge on any atom is -0.462 e. The van der Waals surface area contributed by atoms with Gasteiger partial charge in [-0.25, -0.2) is 0 Å². The van der Waals surface area contributed by atoms with Crippen molar-refractivity contribution in [1.82, 2.24) is 0 Å². The average Bonchev–Trinajstić information content (AvgIpc) is 2.89. The third-order valence-electron chi connectivity index (χ3n) is 1.27. The summed E-state index contributed by atoms with van der Waals surface area (Å²) in [4.78, 5) is 9.60. The number of hydrogen-bond acceptors (Lipinski definition) is 2. The quantitative estimate of drug-likeness (QED) is 0.517. The molecule has 0 saturated heterocycles. The molecule has 104 valence electrons. The molecule has 0 aromatic rings. The van der Waals surface area contributed by atoms with E-state index in [9.17, 15) is 17.7 Å². The van der Waals surface area contributed by atoms with Crippen LogP contribution in [0.2, 0.25) is 0 Å². The topological polar surface area (TPSA) is 26.3 Å². The highest BCUT2D eigenvalue weighted by Gasteiger charge is 2.12. The van der Waals surface area contributed by atoms with Gasteiger partial charge >= 0.3 is 7.54 Å². The summed E-state index contributed by atoms with van der Waals surface area (Å²) in [6, 6.07) is 0. The van der Waals surface area contributed by atoms with Crippen LogP contribution in [0.3, 0.4) is 0 Å². The Kier molecular flexibility index (Phi) is 17.0. The normalized spacial score (nSPS) is 12.5. The Bertz CT molecular complexity index is 155. The number of carbonyl (C=O) groups is 1. The van der Waals surface area contributed by atoms with Gasteiger partial charge in [-0.3, -0.25) is 17.7 Å². The zero-order valence-corrected chi connectivity index (χ0v) is 11.6. The van der Waals surface area contributed by atoms with Gasteiger partial charge in [0, 0.05) is 0 Å². The summed E-state index contributed by atoms with van der Waals surface area (Å²) in [5.74, 6) is 1.08. The summed E-state index contributed by atoms with van der Waals surface area (Å²) < 4.78 is 33.5. The monoisotopic (exact) mass is 256 g/mol. The van der Waals surface area contributed by atoms with Crippen molar-refractivity contribution in [2.45, 2.75) is 60.0 Å². The second-order valence-electron chi connectivity index (χ2n) is 4.26. The maximum absolute atomic E-state index is 9.67. The number of halogens is 3. The fourth-order valence-corrected chi connectivity index (χ4v) is 0.311. The van der Waals surface area contributed by atoms with Crippen molar-refractivity contribution in [3.05, 3.63) is 0 Å². The molecule has 0 heterocycles. The van der Waals surface area contributed by atoms with Crippen LogP contribution in [0.15, 0.2) is 0 Å². The molecule has 1 saturated carbocycles. The van der Waals surface area contributed by atoms with E-state index in [4.69, 9.17) is 0 Å². The van der Waals surface area contributed by atoms with E-state index in [0.29, 0.717) is 6.47 Å². The van der Waals surface area contributed by atoms with E-state index < -0.39 is 7.54 Å². The van der Waals surface area contributed by atoms with Crippen LogP contribution in [0.1, 0.15) is 54.4 Å². The molecule has 1 aliphatic carbocycles. The maximum atomic E-state index is 9.67. The molecule has 0 radical (unpaired) electrons. The molecule has 1 aliphatic rings. The molecule has 0 aromatic carbocycles. The molecular weight excluding hydrogens is 232 g/mol. The van der Waals surface area contributed by atoms with E-state index in [1.807, 2.05) is 34.6 Å². The average molecular weight is 256 g/mol. The fraction of sp³-hybridized carbons (Fsp3) is 0.909. The van der Waals surface area contributed by atoms with E-state index in [1.165, 1.54) is 12.8 Å². The first-order valence-electron chi connectivity index (χ1n) is 5.72. The highest BCUT2D eigenvalue weighted by atomic mass is 19.4. The lowest BCUT2D eigenvalue weighted by molar-refractivity contribution is -0.138. The predicted octanol–water partition coefficient (Wildman–Crippen LogP) is 4.28. The zero-order chi connectivity index (χ0) is 14.5. The first-order chi connectivity index (χ1) is 7.69. The minimum atomic E-state index is -3.67. The Morgan fingerprint density at radius 3 is 1.41 bits per heavy atom. The van der Waals surface area contributed by atoms with Gasteiger partial charge in [-0.05, 0) is 26.7 Å². The van der Waals surface area contributed by atoms with Crippen LogP contribution in [-0.4, -0.2) is 19.6 Å². The van der Waals surface area contributed by atoms with Gasteiger partial charge in [-0.15, -0.1) is 0 Å². The van der Waals surface area contributed by atoms with E-state index in [-0.39, 0.29) is 5.60 Å². The molecule has 0 bridgehead atoms. The Balaban J connectivity index is -0.000000169. The van der Waals surface area contributed by atoms with Crippen LogP contribution in [-0.2, 0) is 9.53 Å². The van der Waals surface area contributed by atoms with E-state index in [2.05, 4.69) is 11.7 Å². The standard InChI is InChI=1S/C5H10O2.C4H8.C2H6.BF3/c1-5(2,3)7-4-6;1-4-2-3-4;1-2;2-1(3)4/h4H,1-3H3;4H,2-3H2,1H3;1-2H3;. The van der Waals surface area contributed by atoms with E-state index in [0.717, 1.165) is 5.92 Å². The molecule has 1 rings (SSSR count). The SMILES string of the molecule is CC.CC(C)(C)OC=O.CC1CC1.FB(F)F. The first-order valence-corrected chi connectivity index (χ1v) is 5.72. The van der Waals surface area contributed by atoms with Gasteiger partial charge < -0.3 is 4.74 Å². The van der Waals surface area contributed by atoms with E-state index >= 15 is 0 Å². The number of carbonyl (C=O) groups excluding carboxylic acids is 1. The summed E-state index contributed by atoms with van der Waals surface area (Å²) >= 11 is 0. The van der Waals surface area contributed by atoms with Crippen molar-refractivity contribution in [3.8, 4) is 0 Å².